The van der Waals surface area contributed by atoms with Gasteiger partial charge in [0.25, 0.3) is 0 Å². The number of benzene rings is 10. The van der Waals surface area contributed by atoms with Crippen molar-refractivity contribution in [2.24, 2.45) is 4.99 Å². The summed E-state index contributed by atoms with van der Waals surface area (Å²) in [4.78, 5) is 5.68. The first-order valence-electron chi connectivity index (χ1n) is 19.6. The average Bonchev–Trinajstić information content (AvgIpc) is 3.64. The van der Waals surface area contributed by atoms with Gasteiger partial charge in [0.05, 0.1) is 22.4 Å². The molecule has 0 unspecified atom stereocenters. The third-order valence-electron chi connectivity index (χ3n) is 11.4. The van der Waals surface area contributed by atoms with E-state index in [0.717, 1.165) is 55.8 Å². The lowest BCUT2D eigenvalue weighted by Crippen LogP contribution is -2.03. The minimum absolute atomic E-state index is 0.943. The zero-order chi connectivity index (χ0) is 37.7. The molecule has 0 N–H and O–H groups in total. The Kier molecular flexibility index (Phi) is 7.86. The van der Waals surface area contributed by atoms with Crippen LogP contribution in [0.25, 0.3) is 82.1 Å². The van der Waals surface area contributed by atoms with Crippen molar-refractivity contribution in [3.05, 3.63) is 230 Å². The van der Waals surface area contributed by atoms with Gasteiger partial charge < -0.3 is 4.57 Å². The molecule has 0 aliphatic rings. The van der Waals surface area contributed by atoms with Crippen LogP contribution >= 0.6 is 0 Å². The Hall–Kier alpha value is -7.55. The van der Waals surface area contributed by atoms with E-state index in [1.807, 2.05) is 0 Å². The number of nitrogens with zero attached hydrogens (tertiary/aromatic N) is 2. The lowest BCUT2D eigenvalue weighted by atomic mass is 9.92. The van der Waals surface area contributed by atoms with E-state index in [-0.39, 0.29) is 0 Å². The monoisotopic (exact) mass is 724 g/mol. The van der Waals surface area contributed by atoms with E-state index >= 15 is 0 Å². The first-order chi connectivity index (χ1) is 28.3. The minimum atomic E-state index is 0.943. The second kappa shape index (κ2) is 13.6. The van der Waals surface area contributed by atoms with E-state index in [1.54, 1.807) is 0 Å². The van der Waals surface area contributed by atoms with Gasteiger partial charge in [-0.05, 0) is 79.3 Å². The number of fused-ring (bicyclic) bond motifs is 9. The highest BCUT2D eigenvalue weighted by atomic mass is 15.0. The summed E-state index contributed by atoms with van der Waals surface area (Å²) in [5, 5.41) is 10.0. The van der Waals surface area contributed by atoms with Gasteiger partial charge in [0.2, 0.25) is 0 Å². The van der Waals surface area contributed by atoms with Crippen molar-refractivity contribution in [1.82, 2.24) is 4.57 Å². The van der Waals surface area contributed by atoms with Crippen LogP contribution in [0.2, 0.25) is 0 Å². The highest BCUT2D eigenvalue weighted by Gasteiger charge is 2.20. The second-order valence-corrected chi connectivity index (χ2v) is 14.7. The molecular formula is C55H36N2. The van der Waals surface area contributed by atoms with Gasteiger partial charge in [-0.3, -0.25) is 0 Å². The number of hydrogen-bond acceptors (Lipinski definition) is 1. The fourth-order valence-electron chi connectivity index (χ4n) is 8.78. The molecule has 0 saturated carbocycles. The first kappa shape index (κ1) is 32.8. The van der Waals surface area contributed by atoms with Crippen LogP contribution in [0.1, 0.15) is 11.1 Å². The van der Waals surface area contributed by atoms with Crippen molar-refractivity contribution in [2.45, 2.75) is 0 Å². The van der Waals surface area contributed by atoms with Crippen LogP contribution in [0.15, 0.2) is 223 Å². The summed E-state index contributed by atoms with van der Waals surface area (Å²) in [7, 11) is 0. The lowest BCUT2D eigenvalue weighted by Gasteiger charge is -2.14. The van der Waals surface area contributed by atoms with Crippen molar-refractivity contribution >= 4 is 65.5 Å². The fraction of sp³-hybridized carbons (Fsp3) is 0. The molecule has 11 rings (SSSR count). The van der Waals surface area contributed by atoms with Crippen molar-refractivity contribution in [3.63, 3.8) is 0 Å². The summed E-state index contributed by atoms with van der Waals surface area (Å²) in [6, 6.07) is 78.5. The summed E-state index contributed by atoms with van der Waals surface area (Å²) < 4.78 is 2.40. The number of hydrogen-bond donors (Lipinski definition) is 0. The van der Waals surface area contributed by atoms with Crippen LogP contribution in [0, 0.1) is 0 Å². The molecule has 11 aromatic rings. The highest BCUT2D eigenvalue weighted by Crippen LogP contribution is 2.44. The van der Waals surface area contributed by atoms with Gasteiger partial charge in [-0.15, -0.1) is 0 Å². The number of aromatic nitrogens is 1. The molecule has 0 bridgehead atoms. The molecule has 0 aliphatic heterocycles. The van der Waals surface area contributed by atoms with Crippen LogP contribution in [0.3, 0.4) is 0 Å². The number of para-hydroxylation sites is 1. The predicted octanol–water partition coefficient (Wildman–Crippen LogP) is 14.7. The third kappa shape index (κ3) is 5.53. The summed E-state index contributed by atoms with van der Waals surface area (Å²) >= 11 is 0. The summed E-state index contributed by atoms with van der Waals surface area (Å²) in [5.74, 6) is 0. The van der Waals surface area contributed by atoms with Crippen molar-refractivity contribution in [2.75, 3.05) is 0 Å². The van der Waals surface area contributed by atoms with Crippen molar-refractivity contribution in [3.8, 4) is 27.9 Å². The van der Waals surface area contributed by atoms with E-state index in [1.165, 1.54) is 48.8 Å². The van der Waals surface area contributed by atoms with Crippen molar-refractivity contribution in [1.29, 1.82) is 0 Å². The Morgan fingerprint density at radius 2 is 0.825 bits per heavy atom. The van der Waals surface area contributed by atoms with Gasteiger partial charge in [-0.2, -0.15) is 0 Å². The molecule has 0 spiro atoms. The maximum Gasteiger partial charge on any atom is 0.0816 e. The third-order valence-corrected chi connectivity index (χ3v) is 11.4. The van der Waals surface area contributed by atoms with Gasteiger partial charge in [0.15, 0.2) is 0 Å². The average molecular weight is 725 g/mol. The molecule has 2 nitrogen and oxygen atoms in total. The van der Waals surface area contributed by atoms with E-state index < -0.39 is 0 Å². The van der Waals surface area contributed by atoms with Gasteiger partial charge in [-0.25, -0.2) is 4.99 Å². The molecule has 0 radical (unpaired) electrons. The molecule has 1 heterocycles. The van der Waals surface area contributed by atoms with Crippen LogP contribution in [-0.2, 0) is 0 Å². The summed E-state index contributed by atoms with van der Waals surface area (Å²) in [6.07, 6.45) is 0. The van der Waals surface area contributed by atoms with E-state index in [9.17, 15) is 0 Å². The first-order valence-corrected chi connectivity index (χ1v) is 19.6. The minimum Gasteiger partial charge on any atom is -0.309 e. The van der Waals surface area contributed by atoms with E-state index in [0.29, 0.717) is 0 Å². The quantitative estimate of drug-likeness (QED) is 0.120. The summed E-state index contributed by atoms with van der Waals surface area (Å²) in [5.41, 5.74) is 12.1. The Labute approximate surface area is 331 Å². The molecule has 0 aliphatic carbocycles. The Bertz CT molecular complexity index is 3230. The van der Waals surface area contributed by atoms with Crippen molar-refractivity contribution < 1.29 is 0 Å². The topological polar surface area (TPSA) is 17.3 Å². The molecule has 1 aromatic heterocycles. The Morgan fingerprint density at radius 1 is 0.333 bits per heavy atom. The highest BCUT2D eigenvalue weighted by molar-refractivity contribution is 6.26. The SMILES string of the molecule is c1ccc(C(=Nc2c(-c3ccccc3)ccc3c2c2ccccc2n3-c2ccc(-c3ccc4c5ccccc5c5ccccc5c4c3)cc2)c2ccccc2)cc1. The molecule has 10 aromatic carbocycles. The van der Waals surface area contributed by atoms with Gasteiger partial charge in [0.1, 0.15) is 0 Å². The fourth-order valence-corrected chi connectivity index (χ4v) is 8.78. The smallest absolute Gasteiger partial charge is 0.0816 e. The van der Waals surface area contributed by atoms with Crippen LogP contribution < -0.4 is 0 Å². The molecule has 2 heteroatoms. The number of aliphatic imine (C=N–C) groups is 1. The van der Waals surface area contributed by atoms with Gasteiger partial charge >= 0.3 is 0 Å². The Balaban J connectivity index is 1.11. The number of rotatable bonds is 6. The molecular weight excluding hydrogens is 689 g/mol. The van der Waals surface area contributed by atoms with Crippen LogP contribution in [-0.4, -0.2) is 10.3 Å². The van der Waals surface area contributed by atoms with E-state index in [4.69, 9.17) is 4.99 Å². The second-order valence-electron chi connectivity index (χ2n) is 14.7. The molecule has 0 fully saturated rings. The standard InChI is InChI=1S/C55H36N2/c1-4-16-38(17-5-1)43-34-35-52-53(55(43)56-54(39-18-6-2-7-19-39)40-20-8-3-9-21-40)49-26-14-15-27-51(49)57(52)42-31-28-37(29-32-42)41-30-33-48-46-24-11-10-22-44(46)45-23-12-13-25-47(45)50(48)36-41/h1-36H. The van der Waals surface area contributed by atoms with E-state index in [2.05, 4.69) is 223 Å². The summed E-state index contributed by atoms with van der Waals surface area (Å²) in [6.45, 7) is 0. The molecule has 57 heavy (non-hydrogen) atoms. The molecule has 0 atom stereocenters. The molecule has 266 valence electrons. The molecule has 0 amide bonds. The normalized spacial score (nSPS) is 11.5. The van der Waals surface area contributed by atoms with Gasteiger partial charge in [0, 0.05) is 33.2 Å². The van der Waals surface area contributed by atoms with Crippen LogP contribution in [0.4, 0.5) is 5.69 Å². The zero-order valence-electron chi connectivity index (χ0n) is 31.2. The Morgan fingerprint density at radius 3 is 1.44 bits per heavy atom. The zero-order valence-corrected chi connectivity index (χ0v) is 31.2. The van der Waals surface area contributed by atoms with Crippen LogP contribution in [0.5, 0.6) is 0 Å². The predicted molar refractivity (Wildman–Crippen MR) is 242 cm³/mol. The van der Waals surface area contributed by atoms with Gasteiger partial charge in [-0.1, -0.05) is 188 Å². The maximum absolute atomic E-state index is 5.68. The molecule has 0 saturated heterocycles. The lowest BCUT2D eigenvalue weighted by molar-refractivity contribution is 1.18. The largest absolute Gasteiger partial charge is 0.309 e. The maximum atomic E-state index is 5.68.